The summed E-state index contributed by atoms with van der Waals surface area (Å²) in [6.45, 7) is 8.90. The molecule has 3 aliphatic rings. The molecule has 6 heterocycles. The van der Waals surface area contributed by atoms with Gasteiger partial charge in [0.15, 0.2) is 15.7 Å². The minimum atomic E-state index is -2.85. The van der Waals surface area contributed by atoms with Gasteiger partial charge in [-0.05, 0) is 39.7 Å². The molecule has 192 valence electrons. The lowest BCUT2D eigenvalue weighted by atomic mass is 9.83. The van der Waals surface area contributed by atoms with E-state index >= 15 is 0 Å². The van der Waals surface area contributed by atoms with E-state index in [0.717, 1.165) is 16.7 Å². The number of anilines is 4. The number of fused-ring (bicyclic) bond motifs is 1. The zero-order valence-electron chi connectivity index (χ0n) is 20.8. The van der Waals surface area contributed by atoms with Crippen molar-refractivity contribution in [3.05, 3.63) is 24.5 Å². The standard InChI is InChI=1S/C24H32N8O3S/c1-16(2)32-18-10-20(27-19-4-7-25-22(28-19)30-8-5-23(3,33)6-9-30)26-11-17(18)21(29-32)31-12-24(13-31)14-36(34,35)15-24/h4,7,10-11,16,33H,5-6,8-9,12-15H2,1-3H3,(H,25,26,27,28). The maximum Gasteiger partial charge on any atom is 0.227 e. The van der Waals surface area contributed by atoms with Crippen LogP contribution in [0, 0.1) is 5.41 Å². The molecule has 0 amide bonds. The Balaban J connectivity index is 1.23. The first-order chi connectivity index (χ1) is 17.0. The third-order valence-corrected chi connectivity index (χ3v) is 9.59. The largest absolute Gasteiger partial charge is 0.390 e. The van der Waals surface area contributed by atoms with Crippen LogP contribution >= 0.6 is 0 Å². The van der Waals surface area contributed by atoms with E-state index in [-0.39, 0.29) is 23.0 Å². The van der Waals surface area contributed by atoms with E-state index < -0.39 is 15.4 Å². The average molecular weight is 513 g/mol. The van der Waals surface area contributed by atoms with E-state index in [1.54, 1.807) is 6.20 Å². The molecule has 11 nitrogen and oxygen atoms in total. The fourth-order valence-corrected chi connectivity index (χ4v) is 7.74. The summed E-state index contributed by atoms with van der Waals surface area (Å²) < 4.78 is 25.4. The van der Waals surface area contributed by atoms with Crippen LogP contribution in [0.2, 0.25) is 0 Å². The number of hydrogen-bond acceptors (Lipinski definition) is 10. The lowest BCUT2D eigenvalue weighted by Gasteiger charge is -2.55. The van der Waals surface area contributed by atoms with E-state index in [9.17, 15) is 13.5 Å². The SMILES string of the molecule is CC(C)n1nc(N2CC3(C2)CS(=O)(=O)C3)c2cnc(Nc3ccnc(N4CCC(C)(O)CC4)n3)cc21. The van der Waals surface area contributed by atoms with E-state index in [0.29, 0.717) is 56.6 Å². The highest BCUT2D eigenvalue weighted by Crippen LogP contribution is 2.45. The molecule has 12 heteroatoms. The van der Waals surface area contributed by atoms with E-state index in [1.807, 2.05) is 29.9 Å². The maximum atomic E-state index is 11.7. The molecule has 0 aromatic carbocycles. The van der Waals surface area contributed by atoms with Crippen molar-refractivity contribution in [1.29, 1.82) is 0 Å². The van der Waals surface area contributed by atoms with Gasteiger partial charge < -0.3 is 20.2 Å². The van der Waals surface area contributed by atoms with Crippen LogP contribution < -0.4 is 15.1 Å². The van der Waals surface area contributed by atoms with Crippen molar-refractivity contribution in [2.24, 2.45) is 5.41 Å². The van der Waals surface area contributed by atoms with Crippen molar-refractivity contribution < 1.29 is 13.5 Å². The summed E-state index contributed by atoms with van der Waals surface area (Å²) in [6, 6.07) is 3.94. The molecule has 0 unspecified atom stereocenters. The van der Waals surface area contributed by atoms with Gasteiger partial charge in [-0.1, -0.05) is 0 Å². The highest BCUT2D eigenvalue weighted by Gasteiger charge is 2.56. The minimum Gasteiger partial charge on any atom is -0.390 e. The Morgan fingerprint density at radius 2 is 1.81 bits per heavy atom. The Kier molecular flexibility index (Phi) is 5.21. The summed E-state index contributed by atoms with van der Waals surface area (Å²) >= 11 is 0. The van der Waals surface area contributed by atoms with Gasteiger partial charge in [0, 0.05) is 56.1 Å². The van der Waals surface area contributed by atoms with E-state index in [1.165, 1.54) is 0 Å². The van der Waals surface area contributed by atoms with Crippen molar-refractivity contribution in [1.82, 2.24) is 24.7 Å². The van der Waals surface area contributed by atoms with Gasteiger partial charge >= 0.3 is 0 Å². The molecular weight excluding hydrogens is 480 g/mol. The molecular formula is C24H32N8O3S. The van der Waals surface area contributed by atoms with Crippen LogP contribution in [-0.2, 0) is 9.84 Å². The van der Waals surface area contributed by atoms with Gasteiger partial charge in [-0.2, -0.15) is 10.1 Å². The predicted molar refractivity (Wildman–Crippen MR) is 139 cm³/mol. The van der Waals surface area contributed by atoms with Crippen molar-refractivity contribution in [2.75, 3.05) is 52.8 Å². The second-order valence-corrected chi connectivity index (χ2v) is 13.3. The van der Waals surface area contributed by atoms with Crippen LogP contribution in [0.4, 0.5) is 23.4 Å². The smallest absolute Gasteiger partial charge is 0.227 e. The molecule has 0 aliphatic carbocycles. The third kappa shape index (κ3) is 4.15. The average Bonchev–Trinajstić information content (AvgIpc) is 3.14. The molecule has 3 saturated heterocycles. The Labute approximate surface area is 210 Å². The van der Waals surface area contributed by atoms with Crippen LogP contribution in [-0.4, -0.2) is 81.5 Å². The second kappa shape index (κ2) is 8.01. The molecule has 36 heavy (non-hydrogen) atoms. The van der Waals surface area contributed by atoms with E-state index in [4.69, 9.17) is 5.10 Å². The normalized spacial score (nSPS) is 22.0. The number of rotatable bonds is 5. The molecule has 0 atom stereocenters. The van der Waals surface area contributed by atoms with Crippen molar-refractivity contribution >= 4 is 44.1 Å². The van der Waals surface area contributed by atoms with Crippen LogP contribution in [0.5, 0.6) is 0 Å². The molecule has 0 bridgehead atoms. The molecule has 0 saturated carbocycles. The zero-order valence-corrected chi connectivity index (χ0v) is 21.7. The van der Waals surface area contributed by atoms with Gasteiger partial charge in [0.25, 0.3) is 0 Å². The molecule has 0 radical (unpaired) electrons. The fourth-order valence-electron chi connectivity index (χ4n) is 5.59. The van der Waals surface area contributed by atoms with Crippen LogP contribution in [0.1, 0.15) is 39.7 Å². The first kappa shape index (κ1) is 23.4. The monoisotopic (exact) mass is 512 g/mol. The predicted octanol–water partition coefficient (Wildman–Crippen LogP) is 2.13. The third-order valence-electron chi connectivity index (χ3n) is 7.49. The lowest BCUT2D eigenvalue weighted by Crippen LogP contribution is -2.68. The van der Waals surface area contributed by atoms with Gasteiger partial charge in [-0.3, -0.25) is 4.68 Å². The first-order valence-corrected chi connectivity index (χ1v) is 14.2. The van der Waals surface area contributed by atoms with Gasteiger partial charge in [-0.15, -0.1) is 0 Å². The Morgan fingerprint density at radius 1 is 1.08 bits per heavy atom. The molecule has 3 fully saturated rings. The maximum absolute atomic E-state index is 11.7. The van der Waals surface area contributed by atoms with Gasteiger partial charge in [0.2, 0.25) is 5.95 Å². The first-order valence-electron chi connectivity index (χ1n) is 12.4. The summed E-state index contributed by atoms with van der Waals surface area (Å²) in [5.74, 6) is 3.36. The van der Waals surface area contributed by atoms with Gasteiger partial charge in [0.05, 0.1) is 28.0 Å². The molecule has 6 rings (SSSR count). The second-order valence-electron chi connectivity index (χ2n) is 11.2. The number of pyridine rings is 1. The van der Waals surface area contributed by atoms with Crippen LogP contribution in [0.25, 0.3) is 10.9 Å². The van der Waals surface area contributed by atoms with Crippen molar-refractivity contribution in [2.45, 2.75) is 45.3 Å². The van der Waals surface area contributed by atoms with Gasteiger partial charge in [-0.25, -0.2) is 18.4 Å². The number of aliphatic hydroxyl groups is 1. The number of hydrogen-bond donors (Lipinski definition) is 2. The fraction of sp³-hybridized carbons (Fsp3) is 0.583. The van der Waals surface area contributed by atoms with Crippen LogP contribution in [0.15, 0.2) is 24.5 Å². The summed E-state index contributed by atoms with van der Waals surface area (Å²) in [7, 11) is -2.85. The van der Waals surface area contributed by atoms with Crippen LogP contribution in [0.3, 0.4) is 0 Å². The Bertz CT molecular complexity index is 1400. The minimum absolute atomic E-state index is 0.101. The molecule has 3 aromatic rings. The number of nitrogens with zero attached hydrogens (tertiary/aromatic N) is 7. The number of nitrogens with one attached hydrogen (secondary N) is 1. The molecule has 2 N–H and O–H groups in total. The zero-order chi connectivity index (χ0) is 25.3. The Morgan fingerprint density at radius 3 is 2.47 bits per heavy atom. The molecule has 3 aromatic heterocycles. The van der Waals surface area contributed by atoms with E-state index in [2.05, 4.69) is 43.9 Å². The molecule has 1 spiro atoms. The number of piperidine rings is 1. The topological polar surface area (TPSA) is 129 Å². The highest BCUT2D eigenvalue weighted by molar-refractivity contribution is 7.92. The van der Waals surface area contributed by atoms with Crippen molar-refractivity contribution in [3.8, 4) is 0 Å². The Hall–Kier alpha value is -2.99. The lowest BCUT2D eigenvalue weighted by molar-refractivity contribution is 0.0349. The molecule has 3 aliphatic heterocycles. The van der Waals surface area contributed by atoms with Crippen molar-refractivity contribution in [3.63, 3.8) is 0 Å². The summed E-state index contributed by atoms with van der Waals surface area (Å²) in [6.07, 6.45) is 4.92. The van der Waals surface area contributed by atoms with Gasteiger partial charge in [0.1, 0.15) is 11.6 Å². The highest BCUT2D eigenvalue weighted by atomic mass is 32.2. The quantitative estimate of drug-likeness (QED) is 0.524. The number of sulfone groups is 1. The summed E-state index contributed by atoms with van der Waals surface area (Å²) in [5, 5.41) is 19.4. The summed E-state index contributed by atoms with van der Waals surface area (Å²) in [4.78, 5) is 18.0. The number of aromatic nitrogens is 5. The summed E-state index contributed by atoms with van der Waals surface area (Å²) in [5.41, 5.74) is 0.236.